The van der Waals surface area contributed by atoms with E-state index in [2.05, 4.69) is 27.8 Å². The quantitative estimate of drug-likeness (QED) is 0.753. The first-order valence-electron chi connectivity index (χ1n) is 7.95. The van der Waals surface area contributed by atoms with E-state index in [1.54, 1.807) is 11.3 Å². The molecule has 5 heteroatoms. The molecule has 3 nitrogen and oxygen atoms in total. The van der Waals surface area contributed by atoms with Crippen molar-refractivity contribution in [3.63, 3.8) is 0 Å². The molecular formula is C18H18N2OS2. The van der Waals surface area contributed by atoms with Crippen LogP contribution >= 0.6 is 22.7 Å². The Morgan fingerprint density at radius 1 is 1.17 bits per heavy atom. The largest absolute Gasteiger partial charge is 0.349 e. The molecule has 23 heavy (non-hydrogen) atoms. The Balaban J connectivity index is 1.52. The number of hydrogen-bond donors (Lipinski definition) is 1. The normalized spacial score (nSPS) is 16.7. The molecule has 0 atom stereocenters. The second-order valence-corrected chi connectivity index (χ2v) is 8.11. The summed E-state index contributed by atoms with van der Waals surface area (Å²) in [5.41, 5.74) is 1.03. The van der Waals surface area contributed by atoms with Crippen molar-refractivity contribution in [1.82, 2.24) is 10.3 Å². The highest BCUT2D eigenvalue weighted by atomic mass is 32.1. The number of hydrogen-bond acceptors (Lipinski definition) is 4. The first-order valence-corrected chi connectivity index (χ1v) is 9.64. The number of amides is 1. The third kappa shape index (κ3) is 2.79. The minimum atomic E-state index is -0.0472. The zero-order valence-electron chi connectivity index (χ0n) is 12.7. The van der Waals surface area contributed by atoms with Crippen molar-refractivity contribution in [3.05, 3.63) is 51.7 Å². The lowest BCUT2D eigenvalue weighted by Gasteiger charge is -2.28. The summed E-state index contributed by atoms with van der Waals surface area (Å²) in [7, 11) is 0. The molecule has 1 aromatic carbocycles. The van der Waals surface area contributed by atoms with E-state index in [9.17, 15) is 4.79 Å². The Kier molecular flexibility index (Phi) is 3.91. The van der Waals surface area contributed by atoms with Gasteiger partial charge in [-0.3, -0.25) is 4.79 Å². The standard InChI is InChI=1S/C18H18N2OS2/c21-16(17-20-13-6-1-2-7-14(13)23-17)19-12-18(9-3-4-10-18)15-8-5-11-22-15/h1-2,5-8,11H,3-4,9-10,12H2,(H,19,21). The summed E-state index contributed by atoms with van der Waals surface area (Å²) in [6.07, 6.45) is 4.81. The Labute approximate surface area is 143 Å². The van der Waals surface area contributed by atoms with Gasteiger partial charge >= 0.3 is 0 Å². The second kappa shape index (κ2) is 6.06. The molecule has 0 bridgehead atoms. The van der Waals surface area contributed by atoms with Gasteiger partial charge in [-0.25, -0.2) is 4.98 Å². The van der Waals surface area contributed by atoms with Crippen molar-refractivity contribution in [2.45, 2.75) is 31.1 Å². The van der Waals surface area contributed by atoms with Crippen molar-refractivity contribution < 1.29 is 4.79 Å². The fourth-order valence-corrected chi connectivity index (χ4v) is 5.31. The van der Waals surface area contributed by atoms with Crippen LogP contribution in [0.2, 0.25) is 0 Å². The highest BCUT2D eigenvalue weighted by Gasteiger charge is 2.37. The maximum atomic E-state index is 12.5. The van der Waals surface area contributed by atoms with Crippen LogP contribution in [0.4, 0.5) is 0 Å². The molecule has 0 aliphatic heterocycles. The van der Waals surface area contributed by atoms with Crippen molar-refractivity contribution in [3.8, 4) is 0 Å². The van der Waals surface area contributed by atoms with Crippen LogP contribution in [0.5, 0.6) is 0 Å². The third-order valence-corrected chi connectivity index (χ3v) is 6.83. The zero-order valence-corrected chi connectivity index (χ0v) is 14.4. The summed E-state index contributed by atoms with van der Waals surface area (Å²) < 4.78 is 1.06. The monoisotopic (exact) mass is 342 g/mol. The number of para-hydroxylation sites is 1. The van der Waals surface area contributed by atoms with Crippen molar-refractivity contribution in [1.29, 1.82) is 0 Å². The lowest BCUT2D eigenvalue weighted by molar-refractivity contribution is 0.0943. The van der Waals surface area contributed by atoms with Crippen molar-refractivity contribution in [2.24, 2.45) is 0 Å². The molecular weight excluding hydrogens is 324 g/mol. The van der Waals surface area contributed by atoms with Gasteiger partial charge in [-0.2, -0.15) is 0 Å². The van der Waals surface area contributed by atoms with Crippen LogP contribution in [0.3, 0.4) is 0 Å². The summed E-state index contributed by atoms with van der Waals surface area (Å²) in [5, 5.41) is 5.84. The number of rotatable bonds is 4. The molecule has 0 radical (unpaired) electrons. The smallest absolute Gasteiger partial charge is 0.280 e. The van der Waals surface area contributed by atoms with Gasteiger partial charge in [-0.15, -0.1) is 22.7 Å². The van der Waals surface area contributed by atoms with Gasteiger partial charge in [-0.05, 0) is 36.4 Å². The fraction of sp³-hybridized carbons (Fsp3) is 0.333. The molecule has 1 amide bonds. The number of fused-ring (bicyclic) bond motifs is 1. The Hall–Kier alpha value is -1.72. The number of nitrogens with one attached hydrogen (secondary N) is 1. The lowest BCUT2D eigenvalue weighted by Crippen LogP contribution is -2.38. The number of aromatic nitrogens is 1. The molecule has 1 aliphatic rings. The number of benzene rings is 1. The summed E-state index contributed by atoms with van der Waals surface area (Å²) in [6, 6.07) is 12.2. The van der Waals surface area contributed by atoms with E-state index in [0.29, 0.717) is 11.6 Å². The van der Waals surface area contributed by atoms with E-state index >= 15 is 0 Å². The lowest BCUT2D eigenvalue weighted by atomic mass is 9.84. The molecule has 1 fully saturated rings. The van der Waals surface area contributed by atoms with Gasteiger partial charge in [0.1, 0.15) is 0 Å². The molecule has 118 valence electrons. The first kappa shape index (κ1) is 14.8. The van der Waals surface area contributed by atoms with Crippen molar-refractivity contribution >= 4 is 38.8 Å². The molecule has 1 aliphatic carbocycles. The van der Waals surface area contributed by atoms with E-state index in [1.807, 2.05) is 24.3 Å². The predicted molar refractivity (Wildman–Crippen MR) is 96.4 cm³/mol. The molecule has 0 unspecified atom stereocenters. The van der Waals surface area contributed by atoms with E-state index in [-0.39, 0.29) is 11.3 Å². The fourth-order valence-electron chi connectivity index (χ4n) is 3.44. The third-order valence-electron chi connectivity index (χ3n) is 4.68. The number of thiophene rings is 1. The van der Waals surface area contributed by atoms with Crippen LogP contribution in [-0.4, -0.2) is 17.4 Å². The second-order valence-electron chi connectivity index (χ2n) is 6.13. The van der Waals surface area contributed by atoms with Gasteiger partial charge in [0.2, 0.25) is 0 Å². The number of carbonyl (C=O) groups excluding carboxylic acids is 1. The number of nitrogens with zero attached hydrogens (tertiary/aromatic N) is 1. The van der Waals surface area contributed by atoms with Crippen LogP contribution in [0.1, 0.15) is 40.4 Å². The van der Waals surface area contributed by atoms with Crippen LogP contribution in [-0.2, 0) is 5.41 Å². The molecule has 0 saturated heterocycles. The topological polar surface area (TPSA) is 42.0 Å². The Morgan fingerprint density at radius 3 is 2.74 bits per heavy atom. The van der Waals surface area contributed by atoms with Gasteiger partial charge in [-0.1, -0.05) is 31.0 Å². The van der Waals surface area contributed by atoms with Crippen molar-refractivity contribution in [2.75, 3.05) is 6.54 Å². The van der Waals surface area contributed by atoms with Gasteiger partial charge in [0.25, 0.3) is 5.91 Å². The number of carbonyl (C=O) groups is 1. The van der Waals surface area contributed by atoms with Crippen LogP contribution < -0.4 is 5.32 Å². The van der Waals surface area contributed by atoms with Gasteiger partial charge in [0.15, 0.2) is 5.01 Å². The minimum Gasteiger partial charge on any atom is -0.349 e. The molecule has 3 aromatic rings. The average Bonchev–Trinajstić information content (AvgIpc) is 3.32. The Morgan fingerprint density at radius 2 is 2.00 bits per heavy atom. The molecule has 1 saturated carbocycles. The summed E-state index contributed by atoms with van der Waals surface area (Å²) in [6.45, 7) is 0.711. The zero-order chi connectivity index (χ0) is 15.7. The maximum Gasteiger partial charge on any atom is 0.280 e. The molecule has 4 rings (SSSR count). The average molecular weight is 342 g/mol. The molecule has 1 N–H and O–H groups in total. The van der Waals surface area contributed by atoms with E-state index in [0.717, 1.165) is 23.1 Å². The molecule has 2 aromatic heterocycles. The van der Waals surface area contributed by atoms with Gasteiger partial charge in [0.05, 0.1) is 10.2 Å². The van der Waals surface area contributed by atoms with E-state index in [1.165, 1.54) is 29.1 Å². The highest BCUT2D eigenvalue weighted by molar-refractivity contribution is 7.20. The van der Waals surface area contributed by atoms with E-state index < -0.39 is 0 Å². The molecule has 0 spiro atoms. The summed E-state index contributed by atoms with van der Waals surface area (Å²) >= 11 is 3.27. The maximum absolute atomic E-state index is 12.5. The van der Waals surface area contributed by atoms with Gasteiger partial charge in [0, 0.05) is 16.8 Å². The van der Waals surface area contributed by atoms with E-state index in [4.69, 9.17) is 0 Å². The van der Waals surface area contributed by atoms with Gasteiger partial charge < -0.3 is 5.32 Å². The Bertz CT molecular complexity index is 784. The molecule has 2 heterocycles. The summed E-state index contributed by atoms with van der Waals surface area (Å²) in [4.78, 5) is 18.4. The first-order chi connectivity index (χ1) is 11.3. The van der Waals surface area contributed by atoms with Crippen LogP contribution in [0.15, 0.2) is 41.8 Å². The summed E-state index contributed by atoms with van der Waals surface area (Å²) in [5.74, 6) is -0.0472. The van der Waals surface area contributed by atoms with Crippen LogP contribution in [0, 0.1) is 0 Å². The van der Waals surface area contributed by atoms with Crippen LogP contribution in [0.25, 0.3) is 10.2 Å². The minimum absolute atomic E-state index is 0.0472. The SMILES string of the molecule is O=C(NCC1(c2cccs2)CCCC1)c1nc2ccccc2s1. The highest BCUT2D eigenvalue weighted by Crippen LogP contribution is 2.42. The predicted octanol–water partition coefficient (Wildman–Crippen LogP) is 4.60. The number of thiazole rings is 1.